The fraction of sp³-hybridized carbons (Fsp3) is 0.455. The van der Waals surface area contributed by atoms with Gasteiger partial charge in [0.2, 0.25) is 0 Å². The fourth-order valence-corrected chi connectivity index (χ4v) is 2.98. The van der Waals surface area contributed by atoms with Gasteiger partial charge in [0.25, 0.3) is 0 Å². The summed E-state index contributed by atoms with van der Waals surface area (Å²) in [6.45, 7) is 8.27. The third-order valence-corrected chi connectivity index (χ3v) is 5.05. The Bertz CT molecular complexity index is 777. The summed E-state index contributed by atoms with van der Waals surface area (Å²) in [5.41, 5.74) is 2.13. The fourth-order valence-electron chi connectivity index (χ4n) is 2.98. The smallest absolute Gasteiger partial charge is 0.313 e. The van der Waals surface area contributed by atoms with Gasteiger partial charge in [-0.1, -0.05) is 31.2 Å². The predicted octanol–water partition coefficient (Wildman–Crippen LogP) is 3.68. The summed E-state index contributed by atoms with van der Waals surface area (Å²) in [7, 11) is 1.86. The lowest BCUT2D eigenvalue weighted by Crippen LogP contribution is -2.29. The number of rotatable bonds is 11. The van der Waals surface area contributed by atoms with E-state index >= 15 is 0 Å². The first-order valence-corrected chi connectivity index (χ1v) is 9.77. The van der Waals surface area contributed by atoms with Gasteiger partial charge >= 0.3 is 5.97 Å². The highest BCUT2D eigenvalue weighted by Gasteiger charge is 2.29. The summed E-state index contributed by atoms with van der Waals surface area (Å²) in [4.78, 5) is 15.8. The largest absolute Gasteiger partial charge is 0.481 e. The lowest BCUT2D eigenvalue weighted by molar-refractivity contribution is -0.142. The molecule has 0 bridgehead atoms. The molecule has 2 rings (SSSR count). The molecule has 1 unspecified atom stereocenters. The van der Waals surface area contributed by atoms with Crippen molar-refractivity contribution in [3.05, 3.63) is 53.7 Å². The number of nitrogens with one attached hydrogen (secondary N) is 3. The quantitative estimate of drug-likeness (QED) is 0.442. The van der Waals surface area contributed by atoms with Crippen LogP contribution in [-0.4, -0.2) is 42.7 Å². The molecular weight excluding hydrogens is 352 g/mol. The SMILES string of the molecule is CNc1ncccc1NCCCNCC(C)c1cccc(C(C)(C)C(=O)O)c1. The van der Waals surface area contributed by atoms with Crippen LogP contribution in [-0.2, 0) is 10.2 Å². The topological polar surface area (TPSA) is 86.3 Å². The van der Waals surface area contributed by atoms with Crippen LogP contribution in [0, 0.1) is 0 Å². The van der Waals surface area contributed by atoms with Gasteiger partial charge in [-0.25, -0.2) is 4.98 Å². The molecule has 0 radical (unpaired) electrons. The first-order valence-electron chi connectivity index (χ1n) is 9.77. The van der Waals surface area contributed by atoms with E-state index in [0.29, 0.717) is 5.92 Å². The van der Waals surface area contributed by atoms with Crippen LogP contribution < -0.4 is 16.0 Å². The van der Waals surface area contributed by atoms with Crippen LogP contribution >= 0.6 is 0 Å². The number of anilines is 2. The Kier molecular flexibility index (Phi) is 7.81. The number of carboxylic acids is 1. The number of aromatic nitrogens is 1. The second-order valence-electron chi connectivity index (χ2n) is 7.59. The molecule has 1 aromatic carbocycles. The number of hydrogen-bond acceptors (Lipinski definition) is 5. The molecule has 1 atom stereocenters. The van der Waals surface area contributed by atoms with Gasteiger partial charge in [0, 0.05) is 26.3 Å². The summed E-state index contributed by atoms with van der Waals surface area (Å²) in [6.07, 6.45) is 2.77. The van der Waals surface area contributed by atoms with E-state index in [1.807, 2.05) is 37.4 Å². The van der Waals surface area contributed by atoms with Gasteiger partial charge in [-0.05, 0) is 56.0 Å². The minimum absolute atomic E-state index is 0.312. The van der Waals surface area contributed by atoms with E-state index in [1.54, 1.807) is 20.0 Å². The van der Waals surface area contributed by atoms with Crippen LogP contribution in [0.15, 0.2) is 42.6 Å². The first-order chi connectivity index (χ1) is 13.4. The van der Waals surface area contributed by atoms with Gasteiger partial charge in [-0.2, -0.15) is 0 Å². The Morgan fingerprint density at radius 3 is 2.71 bits per heavy atom. The van der Waals surface area contributed by atoms with Crippen LogP contribution in [0.2, 0.25) is 0 Å². The van der Waals surface area contributed by atoms with E-state index in [9.17, 15) is 9.90 Å². The van der Waals surface area contributed by atoms with Crippen LogP contribution in [0.25, 0.3) is 0 Å². The summed E-state index contributed by atoms with van der Waals surface area (Å²) in [6, 6.07) is 11.9. The zero-order valence-electron chi connectivity index (χ0n) is 17.2. The molecule has 0 fully saturated rings. The number of aliphatic carboxylic acids is 1. The Balaban J connectivity index is 1.77. The minimum atomic E-state index is -0.882. The Morgan fingerprint density at radius 1 is 1.21 bits per heavy atom. The van der Waals surface area contributed by atoms with Gasteiger partial charge in [0.05, 0.1) is 11.1 Å². The molecule has 0 amide bonds. The predicted molar refractivity (Wildman–Crippen MR) is 115 cm³/mol. The van der Waals surface area contributed by atoms with Crippen molar-refractivity contribution in [2.24, 2.45) is 0 Å². The molecule has 0 saturated carbocycles. The molecule has 152 valence electrons. The highest BCUT2D eigenvalue weighted by molar-refractivity contribution is 5.80. The van der Waals surface area contributed by atoms with Crippen molar-refractivity contribution < 1.29 is 9.90 Å². The van der Waals surface area contributed by atoms with Crippen LogP contribution in [0.5, 0.6) is 0 Å². The molecule has 1 aromatic heterocycles. The Morgan fingerprint density at radius 2 is 2.00 bits per heavy atom. The average molecular weight is 385 g/mol. The van der Waals surface area contributed by atoms with Gasteiger partial charge in [0.1, 0.15) is 5.82 Å². The average Bonchev–Trinajstić information content (AvgIpc) is 2.70. The second kappa shape index (κ2) is 10.1. The van der Waals surface area contributed by atoms with Crippen molar-refractivity contribution in [2.45, 2.75) is 38.5 Å². The third-order valence-electron chi connectivity index (χ3n) is 5.05. The molecule has 0 saturated heterocycles. The third kappa shape index (κ3) is 5.70. The molecule has 1 heterocycles. The maximum Gasteiger partial charge on any atom is 0.313 e. The number of pyridine rings is 1. The van der Waals surface area contributed by atoms with E-state index < -0.39 is 11.4 Å². The molecule has 2 aromatic rings. The van der Waals surface area contributed by atoms with Gasteiger partial charge in [0.15, 0.2) is 0 Å². The van der Waals surface area contributed by atoms with E-state index in [0.717, 1.165) is 48.7 Å². The zero-order valence-corrected chi connectivity index (χ0v) is 17.2. The van der Waals surface area contributed by atoms with Crippen LogP contribution in [0.3, 0.4) is 0 Å². The molecule has 28 heavy (non-hydrogen) atoms. The number of benzene rings is 1. The minimum Gasteiger partial charge on any atom is -0.481 e. The lowest BCUT2D eigenvalue weighted by Gasteiger charge is -2.22. The standard InChI is InChI=1S/C22H32N4O2/c1-16(17-8-5-9-18(14-17)22(2,3)21(27)28)15-24-11-7-13-25-19-10-6-12-26-20(19)23-4/h5-6,8-10,12,14,16,24-25H,7,11,13,15H2,1-4H3,(H,23,26)(H,27,28). The normalized spacial score (nSPS) is 12.4. The highest BCUT2D eigenvalue weighted by atomic mass is 16.4. The summed E-state index contributed by atoms with van der Waals surface area (Å²) in [5.74, 6) is 0.359. The van der Waals surface area contributed by atoms with Crippen molar-refractivity contribution >= 4 is 17.5 Å². The van der Waals surface area contributed by atoms with Gasteiger partial charge < -0.3 is 21.1 Å². The molecule has 4 N–H and O–H groups in total. The molecule has 6 heteroatoms. The first kappa shape index (κ1) is 21.7. The number of carbonyl (C=O) groups is 1. The van der Waals surface area contributed by atoms with Crippen molar-refractivity contribution in [3.63, 3.8) is 0 Å². The van der Waals surface area contributed by atoms with Crippen molar-refractivity contribution in [1.29, 1.82) is 0 Å². The second-order valence-corrected chi connectivity index (χ2v) is 7.59. The van der Waals surface area contributed by atoms with Crippen molar-refractivity contribution in [2.75, 3.05) is 37.3 Å². The van der Waals surface area contributed by atoms with Gasteiger partial charge in [-0.15, -0.1) is 0 Å². The number of nitrogens with zero attached hydrogens (tertiary/aromatic N) is 1. The summed E-state index contributed by atoms with van der Waals surface area (Å²) >= 11 is 0. The van der Waals surface area contributed by atoms with Crippen molar-refractivity contribution in [1.82, 2.24) is 10.3 Å². The molecule has 0 aliphatic heterocycles. The number of hydrogen-bond donors (Lipinski definition) is 4. The maximum atomic E-state index is 11.5. The van der Waals surface area contributed by atoms with Gasteiger partial charge in [-0.3, -0.25) is 4.79 Å². The van der Waals surface area contributed by atoms with Crippen LogP contribution in [0.4, 0.5) is 11.5 Å². The molecular formula is C22H32N4O2. The molecule has 6 nitrogen and oxygen atoms in total. The maximum absolute atomic E-state index is 11.5. The van der Waals surface area contributed by atoms with E-state index in [1.165, 1.54) is 0 Å². The van der Waals surface area contributed by atoms with E-state index in [2.05, 4.69) is 33.9 Å². The van der Waals surface area contributed by atoms with Crippen LogP contribution in [0.1, 0.15) is 44.2 Å². The van der Waals surface area contributed by atoms with E-state index in [-0.39, 0.29) is 0 Å². The molecule has 0 aliphatic rings. The summed E-state index contributed by atoms with van der Waals surface area (Å²) < 4.78 is 0. The Labute approximate surface area is 167 Å². The van der Waals surface area contributed by atoms with Crippen molar-refractivity contribution in [3.8, 4) is 0 Å². The number of carboxylic acid groups (broad SMARTS) is 1. The highest BCUT2D eigenvalue weighted by Crippen LogP contribution is 2.26. The van der Waals surface area contributed by atoms with E-state index in [4.69, 9.17) is 0 Å². The lowest BCUT2D eigenvalue weighted by atomic mass is 9.83. The molecule has 0 spiro atoms. The monoisotopic (exact) mass is 384 g/mol. The summed E-state index contributed by atoms with van der Waals surface area (Å²) in [5, 5.41) is 19.4. The zero-order chi connectivity index (χ0) is 20.6. The Hall–Kier alpha value is -2.60. The molecule has 0 aliphatic carbocycles.